The third kappa shape index (κ3) is 6.33. The van der Waals surface area contributed by atoms with Crippen LogP contribution in [0.5, 0.6) is 0 Å². The van der Waals surface area contributed by atoms with Gasteiger partial charge in [-0.2, -0.15) is 0 Å². The second-order valence-corrected chi connectivity index (χ2v) is 8.51. The predicted octanol–water partition coefficient (Wildman–Crippen LogP) is 3.25. The van der Waals surface area contributed by atoms with Gasteiger partial charge in [0.25, 0.3) is 5.91 Å². The Morgan fingerprint density at radius 2 is 1.63 bits per heavy atom. The Morgan fingerprint density at radius 1 is 1.03 bits per heavy atom. The van der Waals surface area contributed by atoms with E-state index in [2.05, 4.69) is 47.2 Å². The minimum atomic E-state index is -0.403. The van der Waals surface area contributed by atoms with Gasteiger partial charge in [0.05, 0.1) is 6.17 Å². The molecule has 6 nitrogen and oxygen atoms in total. The zero-order valence-electron chi connectivity index (χ0n) is 17.3. The number of carbonyl (C=O) groups excluding carboxylic acids is 1. The number of hydrogen-bond donors (Lipinski definition) is 4. The number of nitrogens with zero attached hydrogens (tertiary/aromatic N) is 1. The van der Waals surface area contributed by atoms with Gasteiger partial charge in [-0.15, -0.1) is 0 Å². The van der Waals surface area contributed by atoms with Gasteiger partial charge >= 0.3 is 0 Å². The van der Waals surface area contributed by atoms with E-state index in [1.807, 2.05) is 0 Å². The fourth-order valence-electron chi connectivity index (χ4n) is 2.95. The summed E-state index contributed by atoms with van der Waals surface area (Å²) in [6, 6.07) is 11.6. The van der Waals surface area contributed by atoms with Crippen molar-refractivity contribution in [2.45, 2.75) is 39.4 Å². The minimum absolute atomic E-state index is 0.0141. The number of halogens is 2. The molecule has 2 aromatic carbocycles. The van der Waals surface area contributed by atoms with E-state index in [0.29, 0.717) is 24.5 Å². The molecule has 0 aliphatic carbocycles. The van der Waals surface area contributed by atoms with E-state index >= 15 is 0 Å². The topological polar surface area (TPSA) is 77.5 Å². The molecule has 0 bridgehead atoms. The average molecular weight is 415 g/mol. The third-order valence-corrected chi connectivity index (χ3v) is 4.54. The van der Waals surface area contributed by atoms with Gasteiger partial charge < -0.3 is 5.32 Å². The van der Waals surface area contributed by atoms with E-state index in [9.17, 15) is 13.6 Å². The Bertz CT molecular complexity index is 891. The van der Waals surface area contributed by atoms with Gasteiger partial charge in [-0.3, -0.25) is 15.1 Å². The molecule has 3 rings (SSSR count). The number of guanidine groups is 1. The van der Waals surface area contributed by atoms with Crippen molar-refractivity contribution >= 4 is 11.9 Å². The predicted molar refractivity (Wildman–Crippen MR) is 113 cm³/mol. The van der Waals surface area contributed by atoms with Gasteiger partial charge in [-0.1, -0.05) is 32.9 Å². The SMILES string of the molecule is CC(C)(C)CN=C(NC(=O)c1ccc(F)cc1)NC1CC(c2ccc(F)cc2)NN1. The van der Waals surface area contributed by atoms with Crippen LogP contribution in [0.2, 0.25) is 0 Å². The fourth-order valence-corrected chi connectivity index (χ4v) is 2.95. The van der Waals surface area contributed by atoms with Crippen molar-refractivity contribution in [1.82, 2.24) is 21.5 Å². The fraction of sp³-hybridized carbons (Fsp3) is 0.364. The molecule has 2 atom stereocenters. The summed E-state index contributed by atoms with van der Waals surface area (Å²) in [6.45, 7) is 6.65. The molecular formula is C22H27F2N5O. The first kappa shape index (κ1) is 21.9. The average Bonchev–Trinajstić information content (AvgIpc) is 3.15. The lowest BCUT2D eigenvalue weighted by atomic mass is 9.97. The molecule has 4 N–H and O–H groups in total. The standard InChI is InChI=1S/C22H27F2N5O/c1-22(2,3)13-25-21(27-20(30)15-6-10-17(24)11-7-15)26-19-12-18(28-29-19)14-4-8-16(23)9-5-14/h4-11,18-19,28-29H,12-13H2,1-3H3,(H2,25,26,27,30). The van der Waals surface area contributed by atoms with Crippen LogP contribution in [-0.2, 0) is 0 Å². The highest BCUT2D eigenvalue weighted by molar-refractivity contribution is 6.05. The van der Waals surface area contributed by atoms with Crippen molar-refractivity contribution in [2.75, 3.05) is 6.54 Å². The molecule has 160 valence electrons. The van der Waals surface area contributed by atoms with Crippen molar-refractivity contribution < 1.29 is 13.6 Å². The van der Waals surface area contributed by atoms with Crippen LogP contribution in [0.3, 0.4) is 0 Å². The molecule has 30 heavy (non-hydrogen) atoms. The van der Waals surface area contributed by atoms with Gasteiger partial charge in [0.1, 0.15) is 11.6 Å². The second kappa shape index (κ2) is 9.32. The number of amides is 1. The van der Waals surface area contributed by atoms with E-state index < -0.39 is 5.82 Å². The Labute approximate surface area is 175 Å². The van der Waals surface area contributed by atoms with Crippen LogP contribution in [0.4, 0.5) is 8.78 Å². The van der Waals surface area contributed by atoms with Crippen LogP contribution in [0.15, 0.2) is 53.5 Å². The lowest BCUT2D eigenvalue weighted by molar-refractivity contribution is 0.0975. The Kier molecular flexibility index (Phi) is 6.79. The highest BCUT2D eigenvalue weighted by atomic mass is 19.1. The Balaban J connectivity index is 1.67. The smallest absolute Gasteiger partial charge is 0.257 e. The molecule has 0 saturated carbocycles. The number of hydrogen-bond acceptors (Lipinski definition) is 4. The molecule has 1 heterocycles. The first-order valence-corrected chi connectivity index (χ1v) is 9.84. The number of nitrogens with one attached hydrogen (secondary N) is 4. The number of hydrazine groups is 1. The van der Waals surface area contributed by atoms with E-state index in [4.69, 9.17) is 0 Å². The van der Waals surface area contributed by atoms with Crippen LogP contribution >= 0.6 is 0 Å². The van der Waals surface area contributed by atoms with Crippen LogP contribution in [0.1, 0.15) is 49.2 Å². The molecular weight excluding hydrogens is 388 g/mol. The van der Waals surface area contributed by atoms with Crippen LogP contribution in [-0.4, -0.2) is 24.6 Å². The van der Waals surface area contributed by atoms with Crippen molar-refractivity contribution in [3.05, 3.63) is 71.3 Å². The normalized spacial score (nSPS) is 19.6. The summed E-state index contributed by atoms with van der Waals surface area (Å²) in [7, 11) is 0. The quantitative estimate of drug-likeness (QED) is 0.457. The monoisotopic (exact) mass is 415 g/mol. The van der Waals surface area contributed by atoms with Crippen molar-refractivity contribution in [3.8, 4) is 0 Å². The summed E-state index contributed by atoms with van der Waals surface area (Å²) in [5.74, 6) is -0.728. The molecule has 1 aliphatic heterocycles. The highest BCUT2D eigenvalue weighted by Crippen LogP contribution is 2.21. The maximum Gasteiger partial charge on any atom is 0.257 e. The minimum Gasteiger partial charge on any atom is -0.339 e. The summed E-state index contributed by atoms with van der Waals surface area (Å²) in [5.41, 5.74) is 7.53. The maximum absolute atomic E-state index is 13.2. The molecule has 0 radical (unpaired) electrons. The summed E-state index contributed by atoms with van der Waals surface area (Å²) in [5, 5.41) is 5.98. The number of rotatable bonds is 4. The Hall–Kier alpha value is -2.84. The number of aliphatic imine (C=N–C) groups is 1. The molecule has 0 spiro atoms. The molecule has 8 heteroatoms. The lowest BCUT2D eigenvalue weighted by Crippen LogP contribution is -2.50. The molecule has 1 amide bonds. The van der Waals surface area contributed by atoms with Crippen LogP contribution in [0.25, 0.3) is 0 Å². The molecule has 1 aliphatic rings. The maximum atomic E-state index is 13.2. The van der Waals surface area contributed by atoms with Gasteiger partial charge in [-0.25, -0.2) is 19.6 Å². The molecule has 1 saturated heterocycles. The van der Waals surface area contributed by atoms with E-state index in [-0.39, 0.29) is 29.3 Å². The van der Waals surface area contributed by atoms with Crippen LogP contribution in [0, 0.1) is 17.0 Å². The van der Waals surface area contributed by atoms with Crippen molar-refractivity contribution in [3.63, 3.8) is 0 Å². The van der Waals surface area contributed by atoms with Crippen molar-refractivity contribution in [2.24, 2.45) is 10.4 Å². The van der Waals surface area contributed by atoms with Crippen LogP contribution < -0.4 is 21.5 Å². The zero-order chi connectivity index (χ0) is 21.7. The molecule has 2 unspecified atom stereocenters. The van der Waals surface area contributed by atoms with E-state index in [0.717, 1.165) is 5.56 Å². The van der Waals surface area contributed by atoms with Gasteiger partial charge in [0, 0.05) is 24.6 Å². The number of carbonyl (C=O) groups is 1. The summed E-state index contributed by atoms with van der Waals surface area (Å²) < 4.78 is 26.3. The van der Waals surface area contributed by atoms with E-state index in [1.54, 1.807) is 12.1 Å². The second-order valence-electron chi connectivity index (χ2n) is 8.51. The van der Waals surface area contributed by atoms with Gasteiger partial charge in [-0.05, 0) is 47.4 Å². The summed E-state index contributed by atoms with van der Waals surface area (Å²) >= 11 is 0. The summed E-state index contributed by atoms with van der Waals surface area (Å²) in [6.07, 6.45) is 0.458. The first-order valence-electron chi connectivity index (χ1n) is 9.84. The first-order chi connectivity index (χ1) is 14.2. The highest BCUT2D eigenvalue weighted by Gasteiger charge is 2.26. The molecule has 0 aromatic heterocycles. The number of benzene rings is 2. The Morgan fingerprint density at radius 3 is 2.23 bits per heavy atom. The van der Waals surface area contributed by atoms with E-state index in [1.165, 1.54) is 36.4 Å². The summed E-state index contributed by atoms with van der Waals surface area (Å²) in [4.78, 5) is 17.1. The van der Waals surface area contributed by atoms with Gasteiger partial charge in [0.2, 0.25) is 0 Å². The largest absolute Gasteiger partial charge is 0.339 e. The lowest BCUT2D eigenvalue weighted by Gasteiger charge is -2.20. The van der Waals surface area contributed by atoms with Gasteiger partial charge in [0.15, 0.2) is 5.96 Å². The zero-order valence-corrected chi connectivity index (χ0v) is 17.3. The molecule has 2 aromatic rings. The van der Waals surface area contributed by atoms with Crippen molar-refractivity contribution in [1.29, 1.82) is 0 Å². The third-order valence-electron chi connectivity index (χ3n) is 4.54. The molecule has 1 fully saturated rings.